The molecule has 7 heteroatoms. The van der Waals surface area contributed by atoms with Gasteiger partial charge < -0.3 is 9.80 Å². The first-order valence-electron chi connectivity index (χ1n) is 9.90. The van der Waals surface area contributed by atoms with Crippen LogP contribution in [0.25, 0.3) is 0 Å². The normalized spacial score (nSPS) is 21.1. The standard InChI is InChI=1S/C21H26N4O2S/c26-20-7-6-17(14-25(20)15-18-4-1-2-8-22-18)21(27)24-11-9-23(10-12-24)16-19-5-3-13-28-19/h1-5,8,13,17H,6-7,9-12,14-16H2. The highest BCUT2D eigenvalue weighted by Crippen LogP contribution is 2.22. The summed E-state index contributed by atoms with van der Waals surface area (Å²) < 4.78 is 0. The van der Waals surface area contributed by atoms with E-state index in [-0.39, 0.29) is 17.7 Å². The van der Waals surface area contributed by atoms with Crippen molar-refractivity contribution in [3.8, 4) is 0 Å². The highest BCUT2D eigenvalue weighted by Gasteiger charge is 2.34. The van der Waals surface area contributed by atoms with Crippen molar-refractivity contribution in [2.45, 2.75) is 25.9 Å². The lowest BCUT2D eigenvalue weighted by Crippen LogP contribution is -2.52. The Balaban J connectivity index is 1.30. The van der Waals surface area contributed by atoms with Crippen LogP contribution in [0.4, 0.5) is 0 Å². The molecule has 2 aromatic heterocycles. The number of aromatic nitrogens is 1. The van der Waals surface area contributed by atoms with E-state index in [1.807, 2.05) is 23.1 Å². The van der Waals surface area contributed by atoms with Crippen LogP contribution in [0.1, 0.15) is 23.4 Å². The predicted molar refractivity (Wildman–Crippen MR) is 109 cm³/mol. The van der Waals surface area contributed by atoms with Crippen molar-refractivity contribution < 1.29 is 9.59 Å². The van der Waals surface area contributed by atoms with E-state index in [4.69, 9.17) is 0 Å². The third kappa shape index (κ3) is 4.59. The summed E-state index contributed by atoms with van der Waals surface area (Å²) in [5, 5.41) is 2.11. The van der Waals surface area contributed by atoms with Crippen LogP contribution in [0.5, 0.6) is 0 Å². The molecule has 2 aliphatic heterocycles. The quantitative estimate of drug-likeness (QED) is 0.775. The molecule has 0 aromatic carbocycles. The molecule has 148 valence electrons. The predicted octanol–water partition coefficient (Wildman–Crippen LogP) is 2.23. The number of amides is 2. The number of likely N-dealkylation sites (tertiary alicyclic amines) is 1. The molecule has 0 bridgehead atoms. The SMILES string of the molecule is O=C1CCC(C(=O)N2CCN(Cc3cccs3)CC2)CN1Cc1ccccn1. The third-order valence-electron chi connectivity index (χ3n) is 5.57. The van der Waals surface area contributed by atoms with Crippen LogP contribution in [0.3, 0.4) is 0 Å². The van der Waals surface area contributed by atoms with Crippen LogP contribution in [-0.4, -0.2) is 64.2 Å². The van der Waals surface area contributed by atoms with E-state index >= 15 is 0 Å². The summed E-state index contributed by atoms with van der Waals surface area (Å²) in [6.45, 7) is 5.32. The lowest BCUT2D eigenvalue weighted by Gasteiger charge is -2.38. The second-order valence-corrected chi connectivity index (χ2v) is 8.54. The molecule has 0 N–H and O–H groups in total. The molecule has 2 fully saturated rings. The fourth-order valence-corrected chi connectivity index (χ4v) is 4.71. The first-order valence-corrected chi connectivity index (χ1v) is 10.8. The van der Waals surface area contributed by atoms with Gasteiger partial charge in [0, 0.05) is 56.8 Å². The van der Waals surface area contributed by atoms with Crippen LogP contribution >= 0.6 is 11.3 Å². The van der Waals surface area contributed by atoms with Gasteiger partial charge in [0.25, 0.3) is 0 Å². The maximum absolute atomic E-state index is 13.0. The summed E-state index contributed by atoms with van der Waals surface area (Å²) >= 11 is 1.78. The Morgan fingerprint density at radius 1 is 1.11 bits per heavy atom. The van der Waals surface area contributed by atoms with E-state index in [9.17, 15) is 9.59 Å². The van der Waals surface area contributed by atoms with E-state index in [1.165, 1.54) is 4.88 Å². The zero-order valence-electron chi connectivity index (χ0n) is 16.0. The number of pyridine rings is 1. The smallest absolute Gasteiger partial charge is 0.227 e. The summed E-state index contributed by atoms with van der Waals surface area (Å²) in [6, 6.07) is 9.96. The zero-order chi connectivity index (χ0) is 19.3. The van der Waals surface area contributed by atoms with E-state index in [1.54, 1.807) is 22.4 Å². The molecule has 0 saturated carbocycles. The first kappa shape index (κ1) is 19.1. The Bertz CT molecular complexity index is 788. The molecule has 6 nitrogen and oxygen atoms in total. The molecule has 2 aromatic rings. The van der Waals surface area contributed by atoms with E-state index in [0.29, 0.717) is 25.9 Å². The number of carbonyl (C=O) groups excluding carboxylic acids is 2. The molecule has 2 amide bonds. The lowest BCUT2D eigenvalue weighted by molar-refractivity contribution is -0.144. The van der Waals surface area contributed by atoms with Crippen molar-refractivity contribution >= 4 is 23.2 Å². The van der Waals surface area contributed by atoms with Gasteiger partial charge in [-0.25, -0.2) is 0 Å². The summed E-state index contributed by atoms with van der Waals surface area (Å²) in [4.78, 5) is 37.2. The number of piperazine rings is 1. The lowest BCUT2D eigenvalue weighted by atomic mass is 9.95. The van der Waals surface area contributed by atoms with Gasteiger partial charge in [-0.05, 0) is 30.0 Å². The van der Waals surface area contributed by atoms with E-state index < -0.39 is 0 Å². The summed E-state index contributed by atoms with van der Waals surface area (Å²) in [6.07, 6.45) is 2.84. The fraction of sp³-hybridized carbons (Fsp3) is 0.476. The van der Waals surface area contributed by atoms with E-state index in [2.05, 4.69) is 27.4 Å². The Kier molecular flexibility index (Phi) is 6.02. The largest absolute Gasteiger partial charge is 0.340 e. The van der Waals surface area contributed by atoms with Gasteiger partial charge in [0.05, 0.1) is 18.2 Å². The van der Waals surface area contributed by atoms with Gasteiger partial charge in [0.1, 0.15) is 0 Å². The average molecular weight is 399 g/mol. The third-order valence-corrected chi connectivity index (χ3v) is 6.43. The van der Waals surface area contributed by atoms with Gasteiger partial charge in [-0.1, -0.05) is 12.1 Å². The molecule has 0 spiro atoms. The summed E-state index contributed by atoms with van der Waals surface area (Å²) in [7, 11) is 0. The molecule has 2 saturated heterocycles. The van der Waals surface area contributed by atoms with Gasteiger partial charge in [-0.3, -0.25) is 19.5 Å². The van der Waals surface area contributed by atoms with E-state index in [0.717, 1.165) is 38.4 Å². The molecular formula is C21H26N4O2S. The molecule has 0 aliphatic carbocycles. The number of piperidine rings is 1. The van der Waals surface area contributed by atoms with Crippen molar-refractivity contribution in [1.82, 2.24) is 19.7 Å². The van der Waals surface area contributed by atoms with Crippen LogP contribution in [0.2, 0.25) is 0 Å². The maximum atomic E-state index is 13.0. The first-order chi connectivity index (χ1) is 13.7. The Morgan fingerprint density at radius 2 is 1.96 bits per heavy atom. The molecular weight excluding hydrogens is 372 g/mol. The number of thiophene rings is 1. The van der Waals surface area contributed by atoms with Gasteiger partial charge >= 0.3 is 0 Å². The number of hydrogen-bond donors (Lipinski definition) is 0. The minimum atomic E-state index is -0.0924. The number of carbonyl (C=O) groups is 2. The fourth-order valence-electron chi connectivity index (χ4n) is 3.96. The summed E-state index contributed by atoms with van der Waals surface area (Å²) in [5.74, 6) is 0.232. The van der Waals surface area contributed by atoms with Crippen LogP contribution in [-0.2, 0) is 22.7 Å². The minimum Gasteiger partial charge on any atom is -0.340 e. The van der Waals surface area contributed by atoms with Gasteiger partial charge in [0.15, 0.2) is 0 Å². The van der Waals surface area contributed by atoms with Crippen molar-refractivity contribution in [2.24, 2.45) is 5.92 Å². The molecule has 4 heterocycles. The van der Waals surface area contributed by atoms with Crippen LogP contribution in [0, 0.1) is 5.92 Å². The highest BCUT2D eigenvalue weighted by molar-refractivity contribution is 7.09. The zero-order valence-corrected chi connectivity index (χ0v) is 16.8. The van der Waals surface area contributed by atoms with Gasteiger partial charge in [0.2, 0.25) is 11.8 Å². The van der Waals surface area contributed by atoms with Crippen molar-refractivity contribution in [3.05, 3.63) is 52.5 Å². The molecule has 4 rings (SSSR count). The van der Waals surface area contributed by atoms with Crippen LogP contribution < -0.4 is 0 Å². The Hall–Kier alpha value is -2.25. The molecule has 0 radical (unpaired) electrons. The topological polar surface area (TPSA) is 56.8 Å². The second kappa shape index (κ2) is 8.84. The number of nitrogens with zero attached hydrogens (tertiary/aromatic N) is 4. The number of rotatable bonds is 5. The average Bonchev–Trinajstić information content (AvgIpc) is 3.24. The molecule has 28 heavy (non-hydrogen) atoms. The van der Waals surface area contributed by atoms with Gasteiger partial charge in [-0.2, -0.15) is 0 Å². The molecule has 1 unspecified atom stereocenters. The Morgan fingerprint density at radius 3 is 2.68 bits per heavy atom. The van der Waals surface area contributed by atoms with Crippen molar-refractivity contribution in [3.63, 3.8) is 0 Å². The monoisotopic (exact) mass is 398 g/mol. The Labute approximate surface area is 169 Å². The number of hydrogen-bond acceptors (Lipinski definition) is 5. The van der Waals surface area contributed by atoms with Crippen molar-refractivity contribution in [2.75, 3.05) is 32.7 Å². The molecule has 1 atom stereocenters. The van der Waals surface area contributed by atoms with Crippen LogP contribution in [0.15, 0.2) is 41.9 Å². The minimum absolute atomic E-state index is 0.0924. The van der Waals surface area contributed by atoms with Crippen molar-refractivity contribution in [1.29, 1.82) is 0 Å². The summed E-state index contributed by atoms with van der Waals surface area (Å²) in [5.41, 5.74) is 0.867. The van der Waals surface area contributed by atoms with Gasteiger partial charge in [-0.15, -0.1) is 11.3 Å². The molecule has 2 aliphatic rings. The highest BCUT2D eigenvalue weighted by atomic mass is 32.1. The maximum Gasteiger partial charge on any atom is 0.227 e. The second-order valence-electron chi connectivity index (χ2n) is 7.51.